The minimum atomic E-state index is -0.577. The predicted octanol–water partition coefficient (Wildman–Crippen LogP) is 2.46. The molecule has 2 heterocycles. The van der Waals surface area contributed by atoms with Crippen LogP contribution in [0.15, 0.2) is 30.3 Å². The zero-order chi connectivity index (χ0) is 23.0. The number of H-pyrrole nitrogens is 1. The summed E-state index contributed by atoms with van der Waals surface area (Å²) in [5.74, 6) is -0.271. The Balaban J connectivity index is 1.58. The minimum Gasteiger partial charge on any atom is -0.504 e. The normalized spacial score (nSPS) is 17.6. The van der Waals surface area contributed by atoms with E-state index in [4.69, 9.17) is 21.1 Å². The molecule has 1 amide bonds. The summed E-state index contributed by atoms with van der Waals surface area (Å²) in [6, 6.07) is 8.74. The summed E-state index contributed by atoms with van der Waals surface area (Å²) >= 11 is 6.13. The maximum atomic E-state index is 13.0. The number of benzene rings is 2. The van der Waals surface area contributed by atoms with Crippen molar-refractivity contribution >= 4 is 40.1 Å². The number of phenols is 1. The molecule has 0 spiro atoms. The van der Waals surface area contributed by atoms with Gasteiger partial charge in [-0.15, -0.1) is 0 Å². The van der Waals surface area contributed by atoms with Crippen molar-refractivity contribution in [1.29, 1.82) is 0 Å². The second-order valence-electron chi connectivity index (χ2n) is 7.88. The van der Waals surface area contributed by atoms with Crippen LogP contribution in [-0.4, -0.2) is 49.3 Å². The van der Waals surface area contributed by atoms with Crippen LogP contribution < -0.4 is 15.0 Å². The average molecular weight is 459 g/mol. The molecule has 0 aliphatic carbocycles. The van der Waals surface area contributed by atoms with Crippen LogP contribution in [0.3, 0.4) is 0 Å². The molecule has 0 bridgehead atoms. The van der Waals surface area contributed by atoms with Gasteiger partial charge >= 0.3 is 5.97 Å². The van der Waals surface area contributed by atoms with Gasteiger partial charge in [0.1, 0.15) is 11.7 Å². The van der Waals surface area contributed by atoms with E-state index in [0.717, 1.165) is 29.0 Å². The quantitative estimate of drug-likeness (QED) is 0.440. The zero-order valence-corrected chi connectivity index (χ0v) is 18.8. The van der Waals surface area contributed by atoms with Crippen molar-refractivity contribution in [3.05, 3.63) is 52.2 Å². The molecule has 168 valence electrons. The summed E-state index contributed by atoms with van der Waals surface area (Å²) in [4.78, 5) is 29.3. The average Bonchev–Trinajstić information content (AvgIpc) is 3.12. The maximum absolute atomic E-state index is 13.0. The number of carbonyl (C=O) groups excluding carboxylic acids is 2. The highest BCUT2D eigenvalue weighted by atomic mass is 35.5. The number of anilines is 1. The molecule has 32 heavy (non-hydrogen) atoms. The lowest BCUT2D eigenvalue weighted by Crippen LogP contribution is -3.14. The van der Waals surface area contributed by atoms with E-state index in [2.05, 4.69) is 10.3 Å². The van der Waals surface area contributed by atoms with Gasteiger partial charge in [-0.2, -0.15) is 0 Å². The van der Waals surface area contributed by atoms with Gasteiger partial charge in [-0.25, -0.2) is 4.79 Å². The first-order chi connectivity index (χ1) is 15.3. The largest absolute Gasteiger partial charge is 0.504 e. The molecule has 8 nitrogen and oxygen atoms in total. The lowest BCUT2D eigenvalue weighted by molar-refractivity contribution is -0.924. The second kappa shape index (κ2) is 8.72. The molecule has 0 saturated heterocycles. The highest BCUT2D eigenvalue weighted by Crippen LogP contribution is 2.33. The van der Waals surface area contributed by atoms with Crippen LogP contribution >= 0.6 is 11.6 Å². The molecule has 0 saturated carbocycles. The lowest BCUT2D eigenvalue weighted by Gasteiger charge is -2.32. The molecule has 2 aromatic carbocycles. The van der Waals surface area contributed by atoms with Gasteiger partial charge < -0.3 is 29.8 Å². The monoisotopic (exact) mass is 458 g/mol. The molecule has 3 aromatic rings. The third-order valence-electron chi connectivity index (χ3n) is 6.04. The Kier molecular flexibility index (Phi) is 5.99. The van der Waals surface area contributed by atoms with Crippen LogP contribution in [0.4, 0.5) is 5.69 Å². The number of esters is 1. The summed E-state index contributed by atoms with van der Waals surface area (Å²) in [7, 11) is 2.80. The summed E-state index contributed by atoms with van der Waals surface area (Å²) in [5, 5.41) is 14.1. The van der Waals surface area contributed by atoms with Gasteiger partial charge in [0.2, 0.25) is 0 Å². The van der Waals surface area contributed by atoms with Crippen LogP contribution in [0.1, 0.15) is 34.6 Å². The van der Waals surface area contributed by atoms with E-state index < -0.39 is 5.97 Å². The number of rotatable bonds is 5. The molecule has 1 aromatic heterocycles. The number of fused-ring (bicyclic) bond motifs is 2. The third kappa shape index (κ3) is 3.99. The van der Waals surface area contributed by atoms with E-state index in [0.29, 0.717) is 27.4 Å². The molecule has 4 rings (SSSR count). The number of halogens is 1. The molecule has 0 radical (unpaired) electrons. The number of phenolic OH excluding ortho intramolecular Hbond substituents is 1. The molecule has 0 fully saturated rings. The second-order valence-corrected chi connectivity index (χ2v) is 8.32. The Morgan fingerprint density at radius 2 is 2.06 bits per heavy atom. The number of quaternary nitrogens is 1. The number of hydrogen-bond acceptors (Lipinski definition) is 5. The number of amides is 1. The van der Waals surface area contributed by atoms with Crippen molar-refractivity contribution in [1.82, 2.24) is 4.98 Å². The molecular weight excluding hydrogens is 434 g/mol. The van der Waals surface area contributed by atoms with Crippen LogP contribution in [-0.2, 0) is 16.0 Å². The minimum absolute atomic E-state index is 0.0245. The fourth-order valence-electron chi connectivity index (χ4n) is 4.32. The molecule has 2 unspecified atom stereocenters. The Morgan fingerprint density at radius 1 is 1.28 bits per heavy atom. The summed E-state index contributed by atoms with van der Waals surface area (Å²) in [5.41, 5.74) is 3.30. The van der Waals surface area contributed by atoms with E-state index in [1.165, 1.54) is 14.2 Å². The van der Waals surface area contributed by atoms with Crippen molar-refractivity contribution < 1.29 is 29.1 Å². The van der Waals surface area contributed by atoms with E-state index in [9.17, 15) is 14.7 Å². The van der Waals surface area contributed by atoms with Crippen molar-refractivity contribution in [2.75, 3.05) is 32.6 Å². The standard InChI is InChI=1S/C23H24ClN3O5/c1-12-15-10-19(31-2)18(28)8-13(15)6-7-27(12)11-20(29)26-21-16-9-14(24)4-5-17(16)25-22(21)23(30)32-3/h4-5,8-10,12,25,28H,6-7,11H2,1-3H3,(H,26,29)/p+1. The van der Waals surface area contributed by atoms with Crippen molar-refractivity contribution in [2.24, 2.45) is 0 Å². The number of ether oxygens (including phenoxy) is 2. The van der Waals surface area contributed by atoms with Gasteiger partial charge in [0.05, 0.1) is 26.5 Å². The molecule has 2 atom stereocenters. The van der Waals surface area contributed by atoms with Crippen molar-refractivity contribution in [3.8, 4) is 11.5 Å². The molecule has 1 aliphatic rings. The van der Waals surface area contributed by atoms with Gasteiger partial charge in [-0.1, -0.05) is 11.6 Å². The number of carbonyl (C=O) groups is 2. The third-order valence-corrected chi connectivity index (χ3v) is 6.27. The number of methoxy groups -OCH3 is 2. The predicted molar refractivity (Wildman–Crippen MR) is 121 cm³/mol. The van der Waals surface area contributed by atoms with Gasteiger partial charge in [0.25, 0.3) is 5.91 Å². The SMILES string of the molecule is COC(=O)c1[nH]c2ccc(Cl)cc2c1NC(=O)C[NH+]1CCc2cc(O)c(OC)cc2C1C. The van der Waals surface area contributed by atoms with Crippen LogP contribution in [0.25, 0.3) is 10.9 Å². The zero-order valence-electron chi connectivity index (χ0n) is 18.0. The topological polar surface area (TPSA) is 105 Å². The molecular formula is C23H25ClN3O5+. The summed E-state index contributed by atoms with van der Waals surface area (Å²) < 4.78 is 10.1. The Bertz CT molecular complexity index is 1210. The first-order valence-corrected chi connectivity index (χ1v) is 10.6. The molecule has 1 aliphatic heterocycles. The van der Waals surface area contributed by atoms with E-state index in [1.54, 1.807) is 24.3 Å². The highest BCUT2D eigenvalue weighted by molar-refractivity contribution is 6.31. The van der Waals surface area contributed by atoms with Crippen LogP contribution in [0.5, 0.6) is 11.5 Å². The van der Waals surface area contributed by atoms with E-state index in [-0.39, 0.29) is 29.9 Å². The van der Waals surface area contributed by atoms with Gasteiger partial charge in [0, 0.05) is 27.9 Å². The number of aromatic hydroxyl groups is 1. The summed E-state index contributed by atoms with van der Waals surface area (Å²) in [6.07, 6.45) is 0.732. The van der Waals surface area contributed by atoms with Crippen molar-refractivity contribution in [3.63, 3.8) is 0 Å². The highest BCUT2D eigenvalue weighted by Gasteiger charge is 2.31. The fourth-order valence-corrected chi connectivity index (χ4v) is 4.49. The maximum Gasteiger partial charge on any atom is 0.356 e. The number of hydrogen-bond donors (Lipinski definition) is 4. The van der Waals surface area contributed by atoms with E-state index >= 15 is 0 Å². The lowest BCUT2D eigenvalue weighted by atomic mass is 9.93. The Hall–Kier alpha value is -3.23. The van der Waals surface area contributed by atoms with Crippen molar-refractivity contribution in [2.45, 2.75) is 19.4 Å². The Morgan fingerprint density at radius 3 is 2.78 bits per heavy atom. The molecule has 4 N–H and O–H groups in total. The number of aromatic amines is 1. The van der Waals surface area contributed by atoms with Crippen LogP contribution in [0.2, 0.25) is 5.02 Å². The fraction of sp³-hybridized carbons (Fsp3) is 0.304. The number of nitrogens with one attached hydrogen (secondary N) is 3. The number of aromatic nitrogens is 1. The van der Waals surface area contributed by atoms with Gasteiger partial charge in [-0.05, 0) is 42.8 Å². The Labute approximate surface area is 190 Å². The van der Waals surface area contributed by atoms with Crippen LogP contribution in [0, 0.1) is 0 Å². The first kappa shape index (κ1) is 22.0. The van der Waals surface area contributed by atoms with Gasteiger partial charge in [0.15, 0.2) is 18.0 Å². The smallest absolute Gasteiger partial charge is 0.356 e. The van der Waals surface area contributed by atoms with E-state index in [1.807, 2.05) is 13.0 Å². The summed E-state index contributed by atoms with van der Waals surface area (Å²) in [6.45, 7) is 2.98. The van der Waals surface area contributed by atoms with Gasteiger partial charge in [-0.3, -0.25) is 4.79 Å². The molecule has 9 heteroatoms. The first-order valence-electron chi connectivity index (χ1n) is 10.3.